The predicted octanol–water partition coefficient (Wildman–Crippen LogP) is 2.22. The molecule has 0 aliphatic carbocycles. The van der Waals surface area contributed by atoms with Crippen LogP contribution in [0.1, 0.15) is 24.9 Å². The molecule has 0 bridgehead atoms. The molecule has 0 aliphatic rings. The van der Waals surface area contributed by atoms with E-state index < -0.39 is 0 Å². The summed E-state index contributed by atoms with van der Waals surface area (Å²) < 4.78 is 7.00. The minimum absolute atomic E-state index is 0.169. The Bertz CT molecular complexity index is 578. The monoisotopic (exact) mass is 287 g/mol. The van der Waals surface area contributed by atoms with Crippen LogP contribution in [-0.2, 0) is 16.1 Å². The second kappa shape index (κ2) is 7.59. The second-order valence-corrected chi connectivity index (χ2v) is 4.70. The van der Waals surface area contributed by atoms with Crippen molar-refractivity contribution < 1.29 is 9.53 Å². The van der Waals surface area contributed by atoms with Gasteiger partial charge in [0.2, 0.25) is 0 Å². The zero-order valence-corrected chi connectivity index (χ0v) is 12.5. The summed E-state index contributed by atoms with van der Waals surface area (Å²) in [6.07, 6.45) is 2.24. The van der Waals surface area contributed by atoms with E-state index in [9.17, 15) is 4.79 Å². The lowest BCUT2D eigenvalue weighted by Crippen LogP contribution is -2.20. The van der Waals surface area contributed by atoms with Gasteiger partial charge in [-0.3, -0.25) is 9.36 Å². The number of hydrogen-bond acceptors (Lipinski definition) is 4. The maximum Gasteiger partial charge on any atom is 0.307 e. The van der Waals surface area contributed by atoms with Gasteiger partial charge in [-0.25, -0.2) is 4.98 Å². The lowest BCUT2D eigenvalue weighted by atomic mass is 10.3. The van der Waals surface area contributed by atoms with E-state index in [0.717, 1.165) is 17.2 Å². The largest absolute Gasteiger partial charge is 0.466 e. The molecule has 0 aliphatic heterocycles. The molecule has 0 amide bonds. The van der Waals surface area contributed by atoms with E-state index in [0.29, 0.717) is 26.1 Å². The summed E-state index contributed by atoms with van der Waals surface area (Å²) >= 11 is 0. The van der Waals surface area contributed by atoms with Crippen LogP contribution in [0, 0.1) is 6.92 Å². The van der Waals surface area contributed by atoms with Crippen molar-refractivity contribution in [3.63, 3.8) is 0 Å². The average molecular weight is 287 g/mol. The fourth-order valence-corrected chi connectivity index (χ4v) is 2.19. The maximum absolute atomic E-state index is 11.3. The number of aromatic nitrogens is 2. The number of hydrogen-bond donors (Lipinski definition) is 1. The SMILES string of the molecule is CCOC(=O)CCNCc1cnc(C)n1-c1ccccc1. The summed E-state index contributed by atoms with van der Waals surface area (Å²) in [4.78, 5) is 15.6. The third-order valence-electron chi connectivity index (χ3n) is 3.14. The molecule has 2 rings (SSSR count). The molecule has 0 radical (unpaired) electrons. The normalized spacial score (nSPS) is 10.6. The molecule has 5 heteroatoms. The summed E-state index contributed by atoms with van der Waals surface area (Å²) in [5, 5.41) is 3.25. The lowest BCUT2D eigenvalue weighted by Gasteiger charge is -2.11. The molecular weight excluding hydrogens is 266 g/mol. The van der Waals surface area contributed by atoms with Crippen LogP contribution in [0.2, 0.25) is 0 Å². The van der Waals surface area contributed by atoms with Crippen molar-refractivity contribution in [3.8, 4) is 5.69 Å². The third-order valence-corrected chi connectivity index (χ3v) is 3.14. The molecule has 0 fully saturated rings. The van der Waals surface area contributed by atoms with Gasteiger partial charge >= 0.3 is 5.97 Å². The summed E-state index contributed by atoms with van der Waals surface area (Å²) in [7, 11) is 0. The van der Waals surface area contributed by atoms with Gasteiger partial charge in [-0.05, 0) is 26.0 Å². The van der Waals surface area contributed by atoms with E-state index in [1.165, 1.54) is 0 Å². The lowest BCUT2D eigenvalue weighted by molar-refractivity contribution is -0.142. The van der Waals surface area contributed by atoms with Gasteiger partial charge in [0.15, 0.2) is 0 Å². The number of para-hydroxylation sites is 1. The molecule has 21 heavy (non-hydrogen) atoms. The van der Waals surface area contributed by atoms with Crippen molar-refractivity contribution in [2.24, 2.45) is 0 Å². The number of ether oxygens (including phenoxy) is 1. The zero-order chi connectivity index (χ0) is 15.1. The predicted molar refractivity (Wildman–Crippen MR) is 81.3 cm³/mol. The Morgan fingerprint density at radius 2 is 2.10 bits per heavy atom. The molecule has 5 nitrogen and oxygen atoms in total. The highest BCUT2D eigenvalue weighted by molar-refractivity contribution is 5.69. The van der Waals surface area contributed by atoms with Gasteiger partial charge in [-0.1, -0.05) is 18.2 Å². The van der Waals surface area contributed by atoms with Crippen LogP contribution in [0.25, 0.3) is 5.69 Å². The number of imidazole rings is 1. The quantitative estimate of drug-likeness (QED) is 0.626. The van der Waals surface area contributed by atoms with Crippen molar-refractivity contribution in [1.29, 1.82) is 0 Å². The first-order valence-corrected chi connectivity index (χ1v) is 7.17. The van der Waals surface area contributed by atoms with Gasteiger partial charge < -0.3 is 10.1 Å². The van der Waals surface area contributed by atoms with E-state index in [2.05, 4.69) is 27.0 Å². The number of benzene rings is 1. The molecular formula is C16H21N3O2. The van der Waals surface area contributed by atoms with Crippen LogP contribution in [0.4, 0.5) is 0 Å². The van der Waals surface area contributed by atoms with Crippen molar-refractivity contribution in [1.82, 2.24) is 14.9 Å². The Balaban J connectivity index is 1.94. The van der Waals surface area contributed by atoms with Gasteiger partial charge in [0.25, 0.3) is 0 Å². The molecule has 1 heterocycles. The first-order valence-electron chi connectivity index (χ1n) is 7.17. The molecule has 112 valence electrons. The van der Waals surface area contributed by atoms with E-state index in [1.807, 2.05) is 38.2 Å². The van der Waals surface area contributed by atoms with Crippen molar-refractivity contribution in [2.45, 2.75) is 26.8 Å². The third kappa shape index (κ3) is 4.16. The Morgan fingerprint density at radius 1 is 1.33 bits per heavy atom. The zero-order valence-electron chi connectivity index (χ0n) is 12.5. The van der Waals surface area contributed by atoms with Gasteiger partial charge in [0.1, 0.15) is 5.82 Å². The fraction of sp³-hybridized carbons (Fsp3) is 0.375. The summed E-state index contributed by atoms with van der Waals surface area (Å²) in [5.41, 5.74) is 2.16. The summed E-state index contributed by atoms with van der Waals surface area (Å²) in [5.74, 6) is 0.779. The topological polar surface area (TPSA) is 56.1 Å². The molecule has 2 aromatic rings. The Hall–Kier alpha value is -2.14. The fourth-order valence-electron chi connectivity index (χ4n) is 2.19. The highest BCUT2D eigenvalue weighted by Gasteiger charge is 2.08. The molecule has 0 saturated carbocycles. The van der Waals surface area contributed by atoms with Gasteiger partial charge in [0.05, 0.1) is 24.9 Å². The van der Waals surface area contributed by atoms with E-state index >= 15 is 0 Å². The van der Waals surface area contributed by atoms with Gasteiger partial charge in [-0.15, -0.1) is 0 Å². The second-order valence-electron chi connectivity index (χ2n) is 4.70. The summed E-state index contributed by atoms with van der Waals surface area (Å²) in [6, 6.07) is 10.1. The number of nitrogens with one attached hydrogen (secondary N) is 1. The number of rotatable bonds is 7. The van der Waals surface area contributed by atoms with Crippen molar-refractivity contribution in [3.05, 3.63) is 48.0 Å². The first kappa shape index (κ1) is 15.3. The number of carbonyl (C=O) groups excluding carboxylic acids is 1. The standard InChI is InChI=1S/C16H21N3O2/c1-3-21-16(20)9-10-17-11-15-12-18-13(2)19(15)14-7-5-4-6-8-14/h4-8,12,17H,3,9-11H2,1-2H3. The van der Waals surface area contributed by atoms with E-state index in [4.69, 9.17) is 4.74 Å². The molecule has 1 aromatic heterocycles. The van der Waals surface area contributed by atoms with Crippen LogP contribution in [0.5, 0.6) is 0 Å². The van der Waals surface area contributed by atoms with Gasteiger partial charge in [0, 0.05) is 18.8 Å². The Kier molecular flexibility index (Phi) is 5.51. The molecule has 1 N–H and O–H groups in total. The number of esters is 1. The Labute approximate surface area is 125 Å². The minimum atomic E-state index is -0.169. The number of nitrogens with zero attached hydrogens (tertiary/aromatic N) is 2. The molecule has 0 unspecified atom stereocenters. The minimum Gasteiger partial charge on any atom is -0.466 e. The van der Waals surface area contributed by atoms with E-state index in [1.54, 1.807) is 0 Å². The number of carbonyl (C=O) groups is 1. The van der Waals surface area contributed by atoms with Gasteiger partial charge in [-0.2, -0.15) is 0 Å². The van der Waals surface area contributed by atoms with Crippen LogP contribution < -0.4 is 5.32 Å². The van der Waals surface area contributed by atoms with Crippen LogP contribution in [-0.4, -0.2) is 28.7 Å². The smallest absolute Gasteiger partial charge is 0.307 e. The molecule has 1 aromatic carbocycles. The highest BCUT2D eigenvalue weighted by Crippen LogP contribution is 2.14. The Morgan fingerprint density at radius 3 is 2.81 bits per heavy atom. The highest BCUT2D eigenvalue weighted by atomic mass is 16.5. The van der Waals surface area contributed by atoms with Crippen LogP contribution in [0.15, 0.2) is 36.5 Å². The first-order chi connectivity index (χ1) is 10.2. The average Bonchev–Trinajstić information content (AvgIpc) is 2.86. The van der Waals surface area contributed by atoms with Crippen LogP contribution in [0.3, 0.4) is 0 Å². The summed E-state index contributed by atoms with van der Waals surface area (Å²) in [6.45, 7) is 5.48. The maximum atomic E-state index is 11.3. The molecule has 0 atom stereocenters. The van der Waals surface area contributed by atoms with Crippen molar-refractivity contribution in [2.75, 3.05) is 13.2 Å². The molecule has 0 saturated heterocycles. The van der Waals surface area contributed by atoms with E-state index in [-0.39, 0.29) is 5.97 Å². The number of aryl methyl sites for hydroxylation is 1. The van der Waals surface area contributed by atoms with Crippen LogP contribution >= 0.6 is 0 Å². The van der Waals surface area contributed by atoms with Crippen molar-refractivity contribution >= 4 is 5.97 Å². The molecule has 0 spiro atoms.